The zero-order valence-electron chi connectivity index (χ0n) is 46.3. The van der Waals surface area contributed by atoms with Crippen LogP contribution in [0.4, 0.5) is 26.7 Å². The Balaban J connectivity index is 0.000000193. The Morgan fingerprint density at radius 1 is 0.556 bits per heavy atom. The number of rotatable bonds is 16. The van der Waals surface area contributed by atoms with Crippen molar-refractivity contribution in [2.24, 2.45) is 5.73 Å². The molecule has 6 amide bonds. The highest BCUT2D eigenvalue weighted by atomic mass is 35.5. The summed E-state index contributed by atoms with van der Waals surface area (Å²) in [6, 6.07) is 14.5. The molecular formula is C55H41Cl4N19O12. The number of aromatic carboxylic acids is 1. The highest BCUT2D eigenvalue weighted by Crippen LogP contribution is 2.32. The number of hydrogen-bond acceptors (Lipinski definition) is 21. The average Bonchev–Trinajstić information content (AvgIpc) is 2.25. The number of primary amides is 1. The van der Waals surface area contributed by atoms with Crippen LogP contribution in [0, 0.1) is 23.7 Å². The first kappa shape index (κ1) is 65.6. The van der Waals surface area contributed by atoms with Crippen molar-refractivity contribution in [1.29, 1.82) is 5.26 Å². The molecule has 0 unspecified atom stereocenters. The zero-order valence-corrected chi connectivity index (χ0v) is 49.3. The molecular weight excluding hydrogens is 1260 g/mol. The molecule has 6 heterocycles. The molecule has 0 radical (unpaired) electrons. The van der Waals surface area contributed by atoms with Gasteiger partial charge in [0.1, 0.15) is 25.1 Å². The molecule has 0 saturated heterocycles. The number of nitrogens with one attached hydrogen (secondary N) is 5. The summed E-state index contributed by atoms with van der Waals surface area (Å²) in [5.41, 5.74) is 5.88. The molecule has 31 nitrogen and oxygen atoms in total. The van der Waals surface area contributed by atoms with E-state index >= 15 is 0 Å². The zero-order chi connectivity index (χ0) is 65.2. The van der Waals surface area contributed by atoms with Gasteiger partial charge in [0.05, 0.1) is 80.7 Å². The van der Waals surface area contributed by atoms with Crippen LogP contribution < -0.4 is 32.3 Å². The molecule has 0 fully saturated rings. The van der Waals surface area contributed by atoms with Gasteiger partial charge in [0.25, 0.3) is 17.7 Å². The monoisotopic (exact) mass is 1300 g/mol. The second kappa shape index (κ2) is 30.4. The molecule has 0 spiro atoms. The third kappa shape index (κ3) is 16.5. The van der Waals surface area contributed by atoms with Gasteiger partial charge in [0.15, 0.2) is 34.5 Å². The van der Waals surface area contributed by atoms with Crippen LogP contribution in [0.15, 0.2) is 117 Å². The fourth-order valence-electron chi connectivity index (χ4n) is 7.44. The highest BCUT2D eigenvalue weighted by Gasteiger charge is 2.24. The Morgan fingerprint density at radius 3 is 1.40 bits per heavy atom. The number of urea groups is 1. The van der Waals surface area contributed by atoms with Crippen LogP contribution in [0.1, 0.15) is 84.8 Å². The van der Waals surface area contributed by atoms with Gasteiger partial charge in [-0.1, -0.05) is 52.3 Å². The van der Waals surface area contributed by atoms with Crippen molar-refractivity contribution in [3.63, 3.8) is 0 Å². The van der Waals surface area contributed by atoms with E-state index in [-0.39, 0.29) is 95.1 Å². The van der Waals surface area contributed by atoms with Crippen LogP contribution in [0.3, 0.4) is 0 Å². The van der Waals surface area contributed by atoms with Crippen molar-refractivity contribution in [3.05, 3.63) is 193 Å². The number of nitriles is 1. The quantitative estimate of drug-likeness (QED) is 0.0308. The van der Waals surface area contributed by atoms with E-state index in [2.05, 4.69) is 82.8 Å². The number of anilines is 3. The SMILES string of the molecule is C#Cc1cc(NC(=O)c2ccc(-n3ccnc3)nn2)c(C(=O)O)cc1C#N.COC(=O)NCc1cc(C(=O)Nc2cc(Cl)c(Cl)cc2C(=O)OC)nnc1-n1ccnc1.COC(=O)c1cc(Cl)c(Cl)cc1NC(=O)c1cc(CNC(N)=O)c(-n2ccnc2)nn1. The lowest BCUT2D eigenvalue weighted by Gasteiger charge is -2.13. The smallest absolute Gasteiger partial charge is 0.407 e. The maximum absolute atomic E-state index is 12.8. The number of hydrogen-bond donors (Lipinski definition) is 7. The van der Waals surface area contributed by atoms with Gasteiger partial charge >= 0.3 is 30.0 Å². The largest absolute Gasteiger partial charge is 0.478 e. The van der Waals surface area contributed by atoms with Crippen molar-refractivity contribution in [3.8, 4) is 35.9 Å². The van der Waals surface area contributed by atoms with Gasteiger partial charge in [-0.05, 0) is 60.7 Å². The number of benzene rings is 3. The standard InChI is InChI=1S/C19H16Cl2N6O5.C18H15Cl2N7O4.C18H10N6O3/c1-31-18(29)11-6-12(20)13(21)7-14(11)24-17(28)15-5-10(8-23-19(30)32-2)16(26-25-15)27-4-3-22-9-27;1-31-17(29)10-5-11(19)12(20)6-13(10)24-16(28)14-4-9(7-23-18(21)30)15(26-25-14)27-3-2-22-8-27;1-2-11-8-15(13(18(26)27)7-12(11)9-19)21-17(25)14-3-4-16(23-22-14)24-6-5-20-10-24/h3-7,9H,8H2,1-2H3,(H,23,30)(H,24,28);2-6,8H,7H2,1H3,(H,24,28)(H3,21,23,30);1,3-8,10H,(H,21,25)(H,26,27). The molecule has 456 valence electrons. The van der Waals surface area contributed by atoms with Gasteiger partial charge in [-0.15, -0.1) is 37.0 Å². The van der Waals surface area contributed by atoms with Gasteiger partial charge in [-0.2, -0.15) is 5.26 Å². The molecule has 0 aliphatic rings. The van der Waals surface area contributed by atoms with Crippen molar-refractivity contribution in [1.82, 2.24) is 69.9 Å². The van der Waals surface area contributed by atoms with Crippen molar-refractivity contribution >= 4 is 111 Å². The van der Waals surface area contributed by atoms with Gasteiger partial charge in [-0.3, -0.25) is 28.1 Å². The fraction of sp³-hybridized carbons (Fsp3) is 0.0909. The van der Waals surface area contributed by atoms with E-state index in [0.717, 1.165) is 6.07 Å². The minimum absolute atomic E-state index is 0.00358. The number of nitrogens with two attached hydrogens (primary N) is 1. The summed E-state index contributed by atoms with van der Waals surface area (Å²) < 4.78 is 18.7. The first-order chi connectivity index (χ1) is 43.2. The third-order valence-electron chi connectivity index (χ3n) is 11.7. The van der Waals surface area contributed by atoms with E-state index in [0.29, 0.717) is 28.6 Å². The van der Waals surface area contributed by atoms with Crippen LogP contribution in [-0.4, -0.2) is 133 Å². The van der Waals surface area contributed by atoms with Crippen LogP contribution in [-0.2, 0) is 27.3 Å². The normalized spacial score (nSPS) is 10.2. The number of amides is 6. The molecule has 35 heteroatoms. The number of ether oxygens (including phenoxy) is 3. The van der Waals surface area contributed by atoms with E-state index in [9.17, 15) is 43.5 Å². The van der Waals surface area contributed by atoms with Crippen LogP contribution in [0.5, 0.6) is 0 Å². The van der Waals surface area contributed by atoms with Crippen LogP contribution in [0.2, 0.25) is 20.1 Å². The second-order valence-electron chi connectivity index (χ2n) is 17.4. The Labute approximate surface area is 526 Å². The lowest BCUT2D eigenvalue weighted by Crippen LogP contribution is -2.29. The molecule has 0 saturated carbocycles. The fourth-order valence-corrected chi connectivity index (χ4v) is 8.10. The minimum atomic E-state index is -1.31. The number of methoxy groups -OCH3 is 3. The summed E-state index contributed by atoms with van der Waals surface area (Å²) in [5, 5.41) is 55.1. The molecule has 6 aromatic heterocycles. The summed E-state index contributed by atoms with van der Waals surface area (Å²) in [6.45, 7) is -0.0188. The second-order valence-corrected chi connectivity index (χ2v) is 19.0. The number of carboxylic acids is 1. The van der Waals surface area contributed by atoms with Gasteiger partial charge < -0.3 is 51.6 Å². The minimum Gasteiger partial charge on any atom is -0.478 e. The molecule has 0 atom stereocenters. The Hall–Kier alpha value is -11.9. The van der Waals surface area contributed by atoms with E-state index in [1.54, 1.807) is 50.8 Å². The number of nitrogens with zero attached hydrogens (tertiary/aromatic N) is 13. The number of carbonyl (C=O) groups excluding carboxylic acids is 7. The summed E-state index contributed by atoms with van der Waals surface area (Å²) in [5.74, 6) is -1.36. The van der Waals surface area contributed by atoms with Gasteiger partial charge in [-0.25, -0.2) is 38.9 Å². The molecule has 0 bridgehead atoms. The maximum Gasteiger partial charge on any atom is 0.407 e. The van der Waals surface area contributed by atoms with Crippen LogP contribution in [0.25, 0.3) is 17.5 Å². The molecule has 0 aliphatic heterocycles. The van der Waals surface area contributed by atoms with Crippen molar-refractivity contribution in [2.45, 2.75) is 13.1 Å². The average molecular weight is 1300 g/mol. The van der Waals surface area contributed by atoms with Crippen molar-refractivity contribution < 1.29 is 57.7 Å². The number of carboxylic acid groups (broad SMARTS) is 1. The number of esters is 2. The Bertz CT molecular complexity index is 4290. The molecule has 8 N–H and O–H groups in total. The number of terminal acetylenes is 1. The number of imidazole rings is 3. The summed E-state index contributed by atoms with van der Waals surface area (Å²) >= 11 is 24.0. The van der Waals surface area contributed by atoms with Crippen LogP contribution >= 0.6 is 46.4 Å². The molecule has 9 rings (SSSR count). The molecule has 9 aromatic rings. The number of halogens is 4. The first-order valence-corrected chi connectivity index (χ1v) is 26.4. The lowest BCUT2D eigenvalue weighted by molar-refractivity contribution is 0.0592. The van der Waals surface area contributed by atoms with E-state index in [1.807, 2.05) is 6.07 Å². The summed E-state index contributed by atoms with van der Waals surface area (Å²) in [4.78, 5) is 108. The highest BCUT2D eigenvalue weighted by molar-refractivity contribution is 6.43. The summed E-state index contributed by atoms with van der Waals surface area (Å²) in [7, 11) is 3.61. The molecule has 0 aliphatic carbocycles. The Morgan fingerprint density at radius 2 is 1.00 bits per heavy atom. The third-order valence-corrected chi connectivity index (χ3v) is 13.2. The van der Waals surface area contributed by atoms with E-state index in [1.165, 1.54) is 95.0 Å². The maximum atomic E-state index is 12.8. The number of carbonyl (C=O) groups is 8. The van der Waals surface area contributed by atoms with E-state index < -0.39 is 47.8 Å². The van der Waals surface area contributed by atoms with Crippen molar-refractivity contribution in [2.75, 3.05) is 37.3 Å². The van der Waals surface area contributed by atoms with Gasteiger partial charge in [0, 0.05) is 67.0 Å². The number of alkyl carbamates (subject to hydrolysis) is 1. The summed E-state index contributed by atoms with van der Waals surface area (Å²) in [6.07, 6.45) is 18.7. The predicted octanol–water partition coefficient (Wildman–Crippen LogP) is 6.51. The number of aromatic nitrogens is 12. The first-order valence-electron chi connectivity index (χ1n) is 24.9. The van der Waals surface area contributed by atoms with Gasteiger partial charge in [0.2, 0.25) is 0 Å². The topological polar surface area (TPSA) is 425 Å². The molecule has 3 aromatic carbocycles. The Kier molecular flexibility index (Phi) is 22.2. The van der Waals surface area contributed by atoms with E-state index in [4.69, 9.17) is 73.3 Å². The molecule has 90 heavy (non-hydrogen) atoms. The predicted molar refractivity (Wildman–Crippen MR) is 319 cm³/mol. The lowest BCUT2D eigenvalue weighted by atomic mass is 10.0.